The second kappa shape index (κ2) is 4.77. The van der Waals surface area contributed by atoms with Crippen molar-refractivity contribution in [3.05, 3.63) is 39.9 Å². The third-order valence-electron chi connectivity index (χ3n) is 1.38. The molecule has 14 heavy (non-hydrogen) atoms. The maximum absolute atomic E-state index is 12.0. The van der Waals surface area contributed by atoms with Crippen molar-refractivity contribution >= 4 is 35.2 Å². The summed E-state index contributed by atoms with van der Waals surface area (Å²) in [6, 6.07) is 3.29. The Kier molecular flexibility index (Phi) is 4.57. The van der Waals surface area contributed by atoms with Gasteiger partial charge in [-0.15, -0.1) is 0 Å². The standard InChI is InChI=1S/C7H4F3NO2.Na/c8-7(9,10)5-2-1-3-6(4-5)11(12)13;/h1-4H;. The van der Waals surface area contributed by atoms with E-state index in [1.165, 1.54) is 0 Å². The average Bonchev–Trinajstić information content (AvgIpc) is 2.03. The SMILES string of the molecule is O=[N+]([O-])c1cccc(C(F)(F)F)c1.[Na]. The molecule has 0 aliphatic rings. The van der Waals surface area contributed by atoms with Crippen molar-refractivity contribution in [2.75, 3.05) is 0 Å². The molecule has 7 heteroatoms. The smallest absolute Gasteiger partial charge is 0.258 e. The number of halogens is 3. The number of alkyl halides is 3. The van der Waals surface area contributed by atoms with E-state index >= 15 is 0 Å². The van der Waals surface area contributed by atoms with Gasteiger partial charge >= 0.3 is 6.18 Å². The summed E-state index contributed by atoms with van der Waals surface area (Å²) in [6.45, 7) is 0. The van der Waals surface area contributed by atoms with E-state index in [1.807, 2.05) is 0 Å². The Morgan fingerprint density at radius 2 is 1.86 bits per heavy atom. The van der Waals surface area contributed by atoms with Crippen LogP contribution in [0.2, 0.25) is 0 Å². The van der Waals surface area contributed by atoms with Crippen LogP contribution < -0.4 is 0 Å². The van der Waals surface area contributed by atoms with Crippen LogP contribution in [0.15, 0.2) is 24.3 Å². The Bertz CT molecular complexity index is 340. The maximum atomic E-state index is 12.0. The number of hydrogen-bond donors (Lipinski definition) is 0. The molecule has 0 atom stereocenters. The van der Waals surface area contributed by atoms with Crippen LogP contribution >= 0.6 is 0 Å². The van der Waals surface area contributed by atoms with Gasteiger partial charge in [0.25, 0.3) is 5.69 Å². The molecule has 0 aromatic heterocycles. The van der Waals surface area contributed by atoms with E-state index < -0.39 is 22.4 Å². The minimum absolute atomic E-state index is 0. The van der Waals surface area contributed by atoms with Crippen molar-refractivity contribution < 1.29 is 18.1 Å². The number of non-ortho nitro benzene ring substituents is 1. The summed E-state index contributed by atoms with van der Waals surface area (Å²) >= 11 is 0. The predicted molar refractivity (Wildman–Crippen MR) is 43.9 cm³/mol. The van der Waals surface area contributed by atoms with Gasteiger partial charge in [0.15, 0.2) is 0 Å². The third kappa shape index (κ3) is 3.28. The summed E-state index contributed by atoms with van der Waals surface area (Å²) in [6.07, 6.45) is -4.54. The molecule has 71 valence electrons. The van der Waals surface area contributed by atoms with Crippen LogP contribution in [0.5, 0.6) is 0 Å². The molecule has 1 aromatic carbocycles. The van der Waals surface area contributed by atoms with Gasteiger partial charge in [-0.3, -0.25) is 10.1 Å². The van der Waals surface area contributed by atoms with Crippen molar-refractivity contribution in [3.63, 3.8) is 0 Å². The molecule has 3 nitrogen and oxygen atoms in total. The first-order chi connectivity index (χ1) is 5.91. The summed E-state index contributed by atoms with van der Waals surface area (Å²) in [5.74, 6) is 0. The van der Waals surface area contributed by atoms with Crippen LogP contribution in [-0.2, 0) is 6.18 Å². The second-order valence-electron chi connectivity index (χ2n) is 2.31. The first-order valence-corrected chi connectivity index (χ1v) is 3.23. The van der Waals surface area contributed by atoms with Gasteiger partial charge in [-0.05, 0) is 6.07 Å². The van der Waals surface area contributed by atoms with Crippen molar-refractivity contribution in [3.8, 4) is 0 Å². The number of nitro benzene ring substituents is 1. The summed E-state index contributed by atoms with van der Waals surface area (Å²) in [4.78, 5) is 9.25. The van der Waals surface area contributed by atoms with Crippen LogP contribution in [0.4, 0.5) is 18.9 Å². The van der Waals surface area contributed by atoms with E-state index in [4.69, 9.17) is 0 Å². The Hall–Kier alpha value is -0.590. The van der Waals surface area contributed by atoms with Crippen LogP contribution in [0.1, 0.15) is 5.56 Å². The quantitative estimate of drug-likeness (QED) is 0.408. The fourth-order valence-electron chi connectivity index (χ4n) is 0.796. The van der Waals surface area contributed by atoms with Crippen molar-refractivity contribution in [1.82, 2.24) is 0 Å². The van der Waals surface area contributed by atoms with Gasteiger partial charge in [-0.25, -0.2) is 0 Å². The van der Waals surface area contributed by atoms with Crippen molar-refractivity contribution in [1.29, 1.82) is 0 Å². The van der Waals surface area contributed by atoms with Gasteiger partial charge in [-0.2, -0.15) is 13.2 Å². The molecule has 0 bridgehead atoms. The Labute approximate surface area is 99.4 Å². The van der Waals surface area contributed by atoms with E-state index in [9.17, 15) is 23.3 Å². The van der Waals surface area contributed by atoms with E-state index in [1.54, 1.807) is 0 Å². The first-order valence-electron chi connectivity index (χ1n) is 3.23. The molecule has 0 spiro atoms. The Balaban J connectivity index is 0.00000169. The van der Waals surface area contributed by atoms with Gasteiger partial charge in [0.2, 0.25) is 0 Å². The Morgan fingerprint density at radius 1 is 1.29 bits per heavy atom. The summed E-state index contributed by atoms with van der Waals surface area (Å²) in [5.41, 5.74) is -1.57. The van der Waals surface area contributed by atoms with E-state index in [0.717, 1.165) is 18.2 Å². The predicted octanol–water partition coefficient (Wildman–Crippen LogP) is 2.23. The van der Waals surface area contributed by atoms with Gasteiger partial charge in [0, 0.05) is 41.7 Å². The number of rotatable bonds is 1. The molecule has 0 aliphatic heterocycles. The number of benzene rings is 1. The van der Waals surface area contributed by atoms with E-state index in [0.29, 0.717) is 6.07 Å². The topological polar surface area (TPSA) is 43.1 Å². The van der Waals surface area contributed by atoms with E-state index in [-0.39, 0.29) is 29.6 Å². The van der Waals surface area contributed by atoms with Gasteiger partial charge in [0.1, 0.15) is 0 Å². The monoisotopic (exact) mass is 214 g/mol. The largest absolute Gasteiger partial charge is 0.416 e. The van der Waals surface area contributed by atoms with Crippen LogP contribution in [0, 0.1) is 10.1 Å². The normalized spacial score (nSPS) is 10.5. The molecule has 0 N–H and O–H groups in total. The minimum Gasteiger partial charge on any atom is -0.258 e. The zero-order chi connectivity index (χ0) is 10.1. The Morgan fingerprint density at radius 3 is 2.29 bits per heavy atom. The van der Waals surface area contributed by atoms with Crippen LogP contribution in [0.25, 0.3) is 0 Å². The van der Waals surface area contributed by atoms with Crippen molar-refractivity contribution in [2.45, 2.75) is 6.18 Å². The molecule has 0 amide bonds. The summed E-state index contributed by atoms with van der Waals surface area (Å²) in [5, 5.41) is 10.1. The molecule has 1 aromatic rings. The molecule has 0 unspecified atom stereocenters. The molecule has 1 rings (SSSR count). The van der Waals surface area contributed by atoms with E-state index in [2.05, 4.69) is 0 Å². The second-order valence-corrected chi connectivity index (χ2v) is 2.31. The third-order valence-corrected chi connectivity index (χ3v) is 1.38. The van der Waals surface area contributed by atoms with Gasteiger partial charge in [0.05, 0.1) is 10.5 Å². The number of nitrogens with zero attached hydrogens (tertiary/aromatic N) is 1. The van der Waals surface area contributed by atoms with Crippen molar-refractivity contribution in [2.24, 2.45) is 0 Å². The summed E-state index contributed by atoms with van der Waals surface area (Å²) in [7, 11) is 0. The molecule has 0 aliphatic carbocycles. The molecule has 0 fully saturated rings. The molecule has 0 heterocycles. The number of hydrogen-bond acceptors (Lipinski definition) is 2. The molecular formula is C7H4F3NNaO2. The van der Waals surface area contributed by atoms with Crippen LogP contribution in [-0.4, -0.2) is 34.5 Å². The molecule has 0 saturated heterocycles. The van der Waals surface area contributed by atoms with Gasteiger partial charge < -0.3 is 0 Å². The fourth-order valence-corrected chi connectivity index (χ4v) is 0.796. The molecule has 0 saturated carbocycles. The van der Waals surface area contributed by atoms with Gasteiger partial charge in [-0.1, -0.05) is 6.07 Å². The molecule has 1 radical (unpaired) electrons. The summed E-state index contributed by atoms with van der Waals surface area (Å²) < 4.78 is 36.0. The maximum Gasteiger partial charge on any atom is 0.416 e. The zero-order valence-corrected chi connectivity index (χ0v) is 9.21. The zero-order valence-electron chi connectivity index (χ0n) is 7.21. The minimum atomic E-state index is -4.54. The fraction of sp³-hybridized carbons (Fsp3) is 0.143. The molecular weight excluding hydrogens is 210 g/mol. The van der Waals surface area contributed by atoms with Crippen LogP contribution in [0.3, 0.4) is 0 Å². The average molecular weight is 214 g/mol. The number of nitro groups is 1. The first kappa shape index (κ1) is 13.4.